The normalized spacial score (nSPS) is 19.5. The summed E-state index contributed by atoms with van der Waals surface area (Å²) < 4.78 is 71.9. The highest BCUT2D eigenvalue weighted by Crippen LogP contribution is 2.41. The number of rotatable bonds is 5. The van der Waals surface area contributed by atoms with Gasteiger partial charge in [0, 0.05) is 35.8 Å². The van der Waals surface area contributed by atoms with Crippen LogP contribution in [0, 0.1) is 23.0 Å². The maximum absolute atomic E-state index is 15.7. The minimum atomic E-state index is -3.59. The monoisotopic (exact) mass is 746 g/mol. The number of carbonyl (C=O) groups is 1. The van der Waals surface area contributed by atoms with Crippen LogP contribution in [0.4, 0.5) is 8.78 Å². The van der Waals surface area contributed by atoms with Crippen molar-refractivity contribution < 1.29 is 31.5 Å². The lowest BCUT2D eigenvalue weighted by Crippen LogP contribution is -2.29. The third kappa shape index (κ3) is 8.32. The number of ether oxygens (including phenoxy) is 2. The smallest absolute Gasteiger partial charge is 0.309 e. The molecule has 1 aliphatic rings. The van der Waals surface area contributed by atoms with Gasteiger partial charge >= 0.3 is 5.97 Å². The van der Waals surface area contributed by atoms with Crippen molar-refractivity contribution in [1.82, 2.24) is 19.7 Å². The average molecular weight is 747 g/mol. The molecule has 2 aromatic heterocycles. The third-order valence-corrected chi connectivity index (χ3v) is 12.2. The zero-order valence-corrected chi connectivity index (χ0v) is 32.2. The Morgan fingerprint density at radius 2 is 1.81 bits per heavy atom. The number of esters is 1. The molecule has 1 unspecified atom stereocenters. The van der Waals surface area contributed by atoms with Gasteiger partial charge in [0.15, 0.2) is 33.1 Å². The Kier molecular flexibility index (Phi) is 10.6. The summed E-state index contributed by atoms with van der Waals surface area (Å²) in [4.78, 5) is 20.6. The molecule has 1 N–H and O–H groups in total. The zero-order valence-electron chi connectivity index (χ0n) is 31.4. The summed E-state index contributed by atoms with van der Waals surface area (Å²) in [5, 5.41) is 5.50. The topological polar surface area (TPSA) is 116 Å². The number of halogens is 2. The molecule has 3 heterocycles. The molecule has 6 rings (SSSR count). The molecule has 4 bridgehead atoms. The van der Waals surface area contributed by atoms with Crippen molar-refractivity contribution in [1.29, 1.82) is 0 Å². The quantitative estimate of drug-likeness (QED) is 0.179. The van der Waals surface area contributed by atoms with E-state index in [0.29, 0.717) is 48.0 Å². The summed E-state index contributed by atoms with van der Waals surface area (Å²) in [6.07, 6.45) is 3.76. The Bertz CT molecular complexity index is 2260. The van der Waals surface area contributed by atoms with E-state index in [2.05, 4.69) is 11.1 Å². The maximum atomic E-state index is 15.7. The Morgan fingerprint density at radius 1 is 1.04 bits per heavy atom. The van der Waals surface area contributed by atoms with Gasteiger partial charge in [0.2, 0.25) is 0 Å². The number of aromatic amines is 1. The molecule has 0 saturated heterocycles. The number of fused-ring (bicyclic) bond motifs is 8. The molecule has 0 radical (unpaired) electrons. The second kappa shape index (κ2) is 14.7. The second-order valence-electron chi connectivity index (χ2n) is 15.7. The minimum Gasteiger partial charge on any atom is -0.463 e. The van der Waals surface area contributed by atoms with Crippen molar-refractivity contribution in [2.75, 3.05) is 11.5 Å². The standard InChI is InChI=1S/C41H48F2N4O5S/c1-25(2)51-38(48)26(3)20-27-10-8-11-28(21-27)41(6)17-9-16-40(4,5)24-53(49,50)19-15-31-30-14-18-44-35(30)23-34(43)36(31)52-29-12-13-33(42)32(22-29)37-45-39(41)46-47(37)7/h8,10-14,18,21-23,25-26,44H,9,15-17,19-20,24H2,1-7H3/t26-,41?/m0/s1. The summed E-state index contributed by atoms with van der Waals surface area (Å²) in [6, 6.07) is 15.2. The van der Waals surface area contributed by atoms with Crippen molar-refractivity contribution in [2.45, 2.75) is 85.2 Å². The molecule has 0 fully saturated rings. The van der Waals surface area contributed by atoms with Crippen molar-refractivity contribution in [3.05, 3.63) is 94.9 Å². The number of aromatic nitrogens is 4. The van der Waals surface area contributed by atoms with Crippen LogP contribution in [0.15, 0.2) is 60.8 Å². The second-order valence-corrected chi connectivity index (χ2v) is 17.9. The van der Waals surface area contributed by atoms with Gasteiger partial charge in [-0.05, 0) is 87.3 Å². The molecule has 0 amide bonds. The van der Waals surface area contributed by atoms with E-state index in [1.807, 2.05) is 59.7 Å². The van der Waals surface area contributed by atoms with Crippen LogP contribution in [0.1, 0.15) is 83.3 Å². The fourth-order valence-electron chi connectivity index (χ4n) is 7.42. The van der Waals surface area contributed by atoms with Gasteiger partial charge < -0.3 is 14.5 Å². The zero-order chi connectivity index (χ0) is 38.3. The van der Waals surface area contributed by atoms with Gasteiger partial charge in [-0.2, -0.15) is 5.10 Å². The lowest BCUT2D eigenvalue weighted by molar-refractivity contribution is -0.151. The molecule has 282 valence electrons. The van der Waals surface area contributed by atoms with E-state index in [4.69, 9.17) is 19.6 Å². The van der Waals surface area contributed by atoms with Crippen LogP contribution in [-0.4, -0.2) is 51.7 Å². The Morgan fingerprint density at radius 3 is 2.57 bits per heavy atom. The minimum absolute atomic E-state index is 0.0305. The molecular formula is C41H48F2N4O5S. The number of H-pyrrole nitrogens is 1. The summed E-state index contributed by atoms with van der Waals surface area (Å²) in [6.45, 7) is 11.4. The molecular weight excluding hydrogens is 699 g/mol. The third-order valence-electron chi connectivity index (χ3n) is 10.2. The SMILES string of the molecule is CC(C)OC(=O)[C@@H](C)Cc1cccc(C2(C)CCCC(C)(C)CS(=O)(=O)CCc3c(c(F)cc4[nH]ccc34)Oc3ccc(F)c(c3)-c3nc2nn3C)c1. The Labute approximate surface area is 310 Å². The van der Waals surface area contributed by atoms with Crippen molar-refractivity contribution in [3.8, 4) is 22.9 Å². The van der Waals surface area contributed by atoms with Crippen LogP contribution < -0.4 is 4.74 Å². The first-order valence-electron chi connectivity index (χ1n) is 18.1. The summed E-state index contributed by atoms with van der Waals surface area (Å²) in [7, 11) is -1.89. The Balaban J connectivity index is 1.46. The first kappa shape index (κ1) is 38.2. The fraction of sp³-hybridized carbons (Fsp3) is 0.439. The van der Waals surface area contributed by atoms with Crippen LogP contribution in [0.2, 0.25) is 0 Å². The predicted molar refractivity (Wildman–Crippen MR) is 202 cm³/mol. The molecule has 53 heavy (non-hydrogen) atoms. The number of hydrogen-bond acceptors (Lipinski definition) is 7. The molecule has 0 aliphatic carbocycles. The van der Waals surface area contributed by atoms with E-state index >= 15 is 8.78 Å². The first-order chi connectivity index (χ1) is 24.9. The molecule has 0 spiro atoms. The molecule has 9 nitrogen and oxygen atoms in total. The van der Waals surface area contributed by atoms with Crippen molar-refractivity contribution in [3.63, 3.8) is 0 Å². The van der Waals surface area contributed by atoms with Crippen molar-refractivity contribution in [2.24, 2.45) is 18.4 Å². The fourth-order valence-corrected chi connectivity index (χ4v) is 9.42. The van der Waals surface area contributed by atoms with E-state index < -0.39 is 32.3 Å². The molecule has 2 atom stereocenters. The van der Waals surface area contributed by atoms with Crippen LogP contribution in [0.5, 0.6) is 11.5 Å². The highest BCUT2D eigenvalue weighted by molar-refractivity contribution is 7.91. The van der Waals surface area contributed by atoms with E-state index in [1.165, 1.54) is 28.9 Å². The molecule has 1 aliphatic heterocycles. The van der Waals surface area contributed by atoms with E-state index in [1.54, 1.807) is 19.3 Å². The number of aryl methyl sites for hydroxylation is 2. The van der Waals surface area contributed by atoms with Crippen LogP contribution in [0.25, 0.3) is 22.3 Å². The summed E-state index contributed by atoms with van der Waals surface area (Å²) in [5.41, 5.74) is 1.56. The molecule has 3 aromatic carbocycles. The van der Waals surface area contributed by atoms with Crippen molar-refractivity contribution >= 4 is 26.7 Å². The van der Waals surface area contributed by atoms with Gasteiger partial charge in [0.05, 0.1) is 34.5 Å². The summed E-state index contributed by atoms with van der Waals surface area (Å²) in [5.74, 6) is -1.32. The largest absolute Gasteiger partial charge is 0.463 e. The van der Waals surface area contributed by atoms with Crippen LogP contribution >= 0.6 is 0 Å². The average Bonchev–Trinajstić information content (AvgIpc) is 3.70. The van der Waals surface area contributed by atoms with Gasteiger partial charge in [0.25, 0.3) is 0 Å². The van der Waals surface area contributed by atoms with Gasteiger partial charge in [-0.25, -0.2) is 26.9 Å². The number of benzene rings is 3. The molecule has 12 heteroatoms. The number of nitrogens with zero attached hydrogens (tertiary/aromatic N) is 3. The van der Waals surface area contributed by atoms with Crippen LogP contribution in [0.3, 0.4) is 0 Å². The van der Waals surface area contributed by atoms with E-state index in [0.717, 1.165) is 11.1 Å². The number of sulfone groups is 1. The molecule has 0 saturated carbocycles. The lowest BCUT2D eigenvalue weighted by atomic mass is 9.75. The highest BCUT2D eigenvalue weighted by Gasteiger charge is 2.36. The van der Waals surface area contributed by atoms with E-state index in [9.17, 15) is 13.2 Å². The lowest BCUT2D eigenvalue weighted by Gasteiger charge is -2.31. The van der Waals surface area contributed by atoms with E-state index in [-0.39, 0.29) is 58.8 Å². The number of nitrogens with one attached hydrogen (secondary N) is 1. The number of hydrogen-bond donors (Lipinski definition) is 1. The Hall–Kier alpha value is -4.58. The number of carbonyl (C=O) groups excluding carboxylic acids is 1. The predicted octanol–water partition coefficient (Wildman–Crippen LogP) is 8.64. The van der Waals surface area contributed by atoms with Gasteiger partial charge in [0.1, 0.15) is 11.6 Å². The first-order valence-corrected chi connectivity index (χ1v) is 19.9. The van der Waals surface area contributed by atoms with Crippen LogP contribution in [-0.2, 0) is 44.7 Å². The maximum Gasteiger partial charge on any atom is 0.309 e. The highest BCUT2D eigenvalue weighted by atomic mass is 32.2. The van der Waals surface area contributed by atoms with Gasteiger partial charge in [-0.1, -0.05) is 51.5 Å². The van der Waals surface area contributed by atoms with Gasteiger partial charge in [-0.15, -0.1) is 0 Å². The summed E-state index contributed by atoms with van der Waals surface area (Å²) >= 11 is 0. The van der Waals surface area contributed by atoms with Gasteiger partial charge in [-0.3, -0.25) is 4.79 Å². The molecule has 5 aromatic rings.